The normalized spacial score (nSPS) is 31.3. The summed E-state index contributed by atoms with van der Waals surface area (Å²) in [5, 5.41) is -0.0579. The van der Waals surface area contributed by atoms with Crippen LogP contribution in [-0.2, 0) is 9.84 Å². The molecule has 0 bridgehead atoms. The summed E-state index contributed by atoms with van der Waals surface area (Å²) in [6.45, 7) is 4.24. The Hall–Kier alpha value is -0.0500. The smallest absolute Gasteiger partial charge is 0.150 e. The van der Waals surface area contributed by atoms with Gasteiger partial charge >= 0.3 is 0 Å². The molecule has 72 valence electrons. The molecular weight excluding hydrogens is 172 g/mol. The highest BCUT2D eigenvalue weighted by Crippen LogP contribution is 2.35. The first-order valence-corrected chi connectivity index (χ1v) is 6.57. The molecular formula is C9H18O2S. The van der Waals surface area contributed by atoms with Gasteiger partial charge in [-0.15, -0.1) is 0 Å². The van der Waals surface area contributed by atoms with Gasteiger partial charge in [0.15, 0.2) is 9.84 Å². The molecule has 0 amide bonds. The first kappa shape index (κ1) is 10.0. The van der Waals surface area contributed by atoms with Crippen LogP contribution in [-0.4, -0.2) is 19.9 Å². The highest BCUT2D eigenvalue weighted by molar-refractivity contribution is 7.91. The lowest BCUT2D eigenvalue weighted by molar-refractivity contribution is 0.393. The molecule has 0 aromatic rings. The molecule has 0 unspecified atom stereocenters. The van der Waals surface area contributed by atoms with E-state index >= 15 is 0 Å². The molecule has 0 N–H and O–H groups in total. The van der Waals surface area contributed by atoms with Gasteiger partial charge in [-0.2, -0.15) is 0 Å². The minimum absolute atomic E-state index is 0.0579. The van der Waals surface area contributed by atoms with Gasteiger partial charge in [0, 0.05) is 6.26 Å². The van der Waals surface area contributed by atoms with Gasteiger partial charge in [-0.1, -0.05) is 20.3 Å². The van der Waals surface area contributed by atoms with E-state index in [0.717, 1.165) is 19.3 Å². The molecule has 2 nitrogen and oxygen atoms in total. The molecule has 0 radical (unpaired) electrons. The zero-order valence-electron chi connectivity index (χ0n) is 8.08. The molecule has 1 aliphatic rings. The molecule has 0 aromatic carbocycles. The Morgan fingerprint density at radius 1 is 1.25 bits per heavy atom. The van der Waals surface area contributed by atoms with Crippen molar-refractivity contribution in [3.8, 4) is 0 Å². The predicted molar refractivity (Wildman–Crippen MR) is 50.8 cm³/mol. The van der Waals surface area contributed by atoms with Crippen molar-refractivity contribution in [2.75, 3.05) is 6.26 Å². The predicted octanol–water partition coefficient (Wildman–Crippen LogP) is 1.86. The molecule has 1 rings (SSSR count). The van der Waals surface area contributed by atoms with Crippen molar-refractivity contribution < 1.29 is 8.42 Å². The van der Waals surface area contributed by atoms with Crippen LogP contribution in [0, 0.1) is 11.8 Å². The van der Waals surface area contributed by atoms with Crippen molar-refractivity contribution in [2.24, 2.45) is 11.8 Å². The molecule has 3 heteroatoms. The van der Waals surface area contributed by atoms with Gasteiger partial charge in [0.1, 0.15) is 0 Å². The summed E-state index contributed by atoms with van der Waals surface area (Å²) in [7, 11) is -2.80. The second-order valence-electron chi connectivity index (χ2n) is 4.21. The molecule has 2 atom stereocenters. The summed E-state index contributed by atoms with van der Waals surface area (Å²) >= 11 is 0. The minimum atomic E-state index is -2.80. The van der Waals surface area contributed by atoms with Crippen molar-refractivity contribution in [3.63, 3.8) is 0 Å². The van der Waals surface area contributed by atoms with E-state index in [0.29, 0.717) is 11.8 Å². The van der Waals surface area contributed by atoms with Crippen LogP contribution in [0.2, 0.25) is 0 Å². The van der Waals surface area contributed by atoms with Gasteiger partial charge in [0.05, 0.1) is 5.25 Å². The number of hydrogen-bond acceptors (Lipinski definition) is 2. The van der Waals surface area contributed by atoms with E-state index < -0.39 is 9.84 Å². The zero-order chi connectivity index (χ0) is 9.35. The van der Waals surface area contributed by atoms with Gasteiger partial charge in [-0.25, -0.2) is 8.42 Å². The monoisotopic (exact) mass is 190 g/mol. The van der Waals surface area contributed by atoms with E-state index in [1.54, 1.807) is 0 Å². The Kier molecular flexibility index (Phi) is 2.81. The average molecular weight is 190 g/mol. The molecule has 0 aliphatic heterocycles. The van der Waals surface area contributed by atoms with Gasteiger partial charge in [-0.3, -0.25) is 0 Å². The average Bonchev–Trinajstić information content (AvgIpc) is 2.30. The van der Waals surface area contributed by atoms with E-state index in [1.165, 1.54) is 6.26 Å². The number of sulfone groups is 1. The first-order valence-electron chi connectivity index (χ1n) is 4.62. The van der Waals surface area contributed by atoms with E-state index in [4.69, 9.17) is 0 Å². The third-order valence-electron chi connectivity index (χ3n) is 2.91. The fraction of sp³-hybridized carbons (Fsp3) is 1.00. The van der Waals surface area contributed by atoms with Crippen LogP contribution in [0.15, 0.2) is 0 Å². The zero-order valence-corrected chi connectivity index (χ0v) is 8.89. The molecule has 1 fully saturated rings. The van der Waals surface area contributed by atoms with Crippen LogP contribution >= 0.6 is 0 Å². The van der Waals surface area contributed by atoms with Crippen molar-refractivity contribution in [1.29, 1.82) is 0 Å². The highest BCUT2D eigenvalue weighted by Gasteiger charge is 2.36. The lowest BCUT2D eigenvalue weighted by Gasteiger charge is -2.21. The molecule has 1 saturated carbocycles. The van der Waals surface area contributed by atoms with Crippen LogP contribution < -0.4 is 0 Å². The lowest BCUT2D eigenvalue weighted by Crippen LogP contribution is -2.27. The SMILES string of the molecule is CC(C)[C@H]1CCC[C@H]1S(C)(=O)=O. The van der Waals surface area contributed by atoms with Crippen molar-refractivity contribution >= 4 is 9.84 Å². The molecule has 0 spiro atoms. The maximum atomic E-state index is 11.3. The Labute approximate surface area is 75.3 Å². The Bertz CT molecular complexity index is 241. The molecule has 1 aliphatic carbocycles. The summed E-state index contributed by atoms with van der Waals surface area (Å²) in [5.74, 6) is 0.909. The van der Waals surface area contributed by atoms with Gasteiger partial charge < -0.3 is 0 Å². The number of hydrogen-bond donors (Lipinski definition) is 0. The van der Waals surface area contributed by atoms with Crippen LogP contribution in [0.25, 0.3) is 0 Å². The second kappa shape index (κ2) is 3.36. The largest absolute Gasteiger partial charge is 0.229 e. The van der Waals surface area contributed by atoms with Crippen molar-refractivity contribution in [1.82, 2.24) is 0 Å². The van der Waals surface area contributed by atoms with E-state index in [1.807, 2.05) is 0 Å². The Morgan fingerprint density at radius 2 is 1.83 bits per heavy atom. The fourth-order valence-electron chi connectivity index (χ4n) is 2.25. The third kappa shape index (κ3) is 2.00. The van der Waals surface area contributed by atoms with Crippen LogP contribution in [0.5, 0.6) is 0 Å². The van der Waals surface area contributed by atoms with Gasteiger partial charge in [0.2, 0.25) is 0 Å². The number of rotatable bonds is 2. The summed E-state index contributed by atoms with van der Waals surface area (Å²) in [6.07, 6.45) is 4.43. The molecule has 0 heterocycles. The molecule has 0 aromatic heterocycles. The van der Waals surface area contributed by atoms with Gasteiger partial charge in [-0.05, 0) is 24.7 Å². The van der Waals surface area contributed by atoms with E-state index in [9.17, 15) is 8.42 Å². The lowest BCUT2D eigenvalue weighted by atomic mass is 9.94. The molecule has 12 heavy (non-hydrogen) atoms. The van der Waals surface area contributed by atoms with Crippen molar-refractivity contribution in [3.05, 3.63) is 0 Å². The summed E-state index contributed by atoms with van der Waals surface area (Å²) in [5.41, 5.74) is 0. The first-order chi connectivity index (χ1) is 5.43. The van der Waals surface area contributed by atoms with Crippen molar-refractivity contribution in [2.45, 2.75) is 38.4 Å². The summed E-state index contributed by atoms with van der Waals surface area (Å²) in [6, 6.07) is 0. The fourth-order valence-corrected chi connectivity index (χ4v) is 3.93. The standard InChI is InChI=1S/C9H18O2S/c1-7(2)8-5-4-6-9(8)12(3,10)11/h7-9H,4-6H2,1-3H3/t8-,9-/m1/s1. The molecule has 0 saturated heterocycles. The summed E-state index contributed by atoms with van der Waals surface area (Å²) in [4.78, 5) is 0. The maximum Gasteiger partial charge on any atom is 0.150 e. The Balaban J connectivity index is 2.78. The van der Waals surface area contributed by atoms with Gasteiger partial charge in [0.25, 0.3) is 0 Å². The van der Waals surface area contributed by atoms with Crippen LogP contribution in [0.3, 0.4) is 0 Å². The topological polar surface area (TPSA) is 34.1 Å². The highest BCUT2D eigenvalue weighted by atomic mass is 32.2. The van der Waals surface area contributed by atoms with E-state index in [-0.39, 0.29) is 5.25 Å². The minimum Gasteiger partial charge on any atom is -0.229 e. The van der Waals surface area contributed by atoms with Crippen LogP contribution in [0.4, 0.5) is 0 Å². The second-order valence-corrected chi connectivity index (χ2v) is 6.47. The Morgan fingerprint density at radius 3 is 2.17 bits per heavy atom. The quantitative estimate of drug-likeness (QED) is 0.666. The van der Waals surface area contributed by atoms with E-state index in [2.05, 4.69) is 13.8 Å². The maximum absolute atomic E-state index is 11.3. The third-order valence-corrected chi connectivity index (χ3v) is 4.60. The van der Waals surface area contributed by atoms with Crippen LogP contribution in [0.1, 0.15) is 33.1 Å². The summed E-state index contributed by atoms with van der Waals surface area (Å²) < 4.78 is 22.7.